The summed E-state index contributed by atoms with van der Waals surface area (Å²) in [6.45, 7) is 3.49. The molecule has 0 spiro atoms. The van der Waals surface area contributed by atoms with Gasteiger partial charge in [0.15, 0.2) is 0 Å². The lowest BCUT2D eigenvalue weighted by Gasteiger charge is -2.02. The smallest absolute Gasteiger partial charge is 0.121 e. The van der Waals surface area contributed by atoms with E-state index in [1.54, 1.807) is 6.21 Å². The minimum absolute atomic E-state index is 0.682. The van der Waals surface area contributed by atoms with E-state index in [-0.39, 0.29) is 0 Å². The molecule has 0 aliphatic carbocycles. The molecule has 1 heterocycles. The van der Waals surface area contributed by atoms with Crippen LogP contribution in [-0.2, 0) is 4.84 Å². The first-order valence-corrected chi connectivity index (χ1v) is 3.77. The second kappa shape index (κ2) is 3.95. The molecule has 1 aliphatic rings. The highest BCUT2D eigenvalue weighted by atomic mass is 16.6. The van der Waals surface area contributed by atoms with Gasteiger partial charge in [-0.15, -0.1) is 0 Å². The molecule has 0 amide bonds. The molecule has 0 unspecified atom stereocenters. The Kier molecular flexibility index (Phi) is 2.89. The third-order valence-corrected chi connectivity index (χ3v) is 1.27. The van der Waals surface area contributed by atoms with Gasteiger partial charge in [0.25, 0.3) is 0 Å². The second-order valence-corrected chi connectivity index (χ2v) is 2.48. The first-order chi connectivity index (χ1) is 5.33. The van der Waals surface area contributed by atoms with Crippen LogP contribution in [0.4, 0.5) is 0 Å². The van der Waals surface area contributed by atoms with E-state index in [1.165, 1.54) is 0 Å². The van der Waals surface area contributed by atoms with Crippen molar-refractivity contribution >= 4 is 11.9 Å². The van der Waals surface area contributed by atoms with Crippen molar-refractivity contribution in [3.63, 3.8) is 0 Å². The molecule has 4 nitrogen and oxygen atoms in total. The van der Waals surface area contributed by atoms with Crippen LogP contribution in [0.5, 0.6) is 0 Å². The van der Waals surface area contributed by atoms with Gasteiger partial charge in [0.05, 0.1) is 12.8 Å². The molecule has 0 saturated heterocycles. The highest BCUT2D eigenvalue weighted by Crippen LogP contribution is 1.94. The van der Waals surface area contributed by atoms with Gasteiger partial charge in [0, 0.05) is 7.05 Å². The van der Waals surface area contributed by atoms with E-state index in [0.717, 1.165) is 18.7 Å². The van der Waals surface area contributed by atoms with Gasteiger partial charge in [-0.2, -0.15) is 5.10 Å². The zero-order valence-corrected chi connectivity index (χ0v) is 6.95. The van der Waals surface area contributed by atoms with E-state index in [4.69, 9.17) is 4.84 Å². The highest BCUT2D eigenvalue weighted by Gasteiger charge is 2.07. The van der Waals surface area contributed by atoms with Crippen molar-refractivity contribution in [1.82, 2.24) is 5.01 Å². The van der Waals surface area contributed by atoms with E-state index in [2.05, 4.69) is 17.2 Å². The Morgan fingerprint density at radius 1 is 1.82 bits per heavy atom. The summed E-state index contributed by atoms with van der Waals surface area (Å²) >= 11 is 0. The highest BCUT2D eigenvalue weighted by molar-refractivity contribution is 6.32. The van der Waals surface area contributed by atoms with E-state index >= 15 is 0 Å². The third-order valence-electron chi connectivity index (χ3n) is 1.27. The molecule has 62 valence electrons. The lowest BCUT2D eigenvalue weighted by atomic mass is 10.4. The lowest BCUT2D eigenvalue weighted by molar-refractivity contribution is 0.145. The summed E-state index contributed by atoms with van der Waals surface area (Å²) in [6, 6.07) is 0. The molecule has 0 atom stereocenters. The Bertz CT molecular complexity index is 177. The van der Waals surface area contributed by atoms with Crippen LogP contribution < -0.4 is 0 Å². The van der Waals surface area contributed by atoms with E-state index in [0.29, 0.717) is 6.61 Å². The van der Waals surface area contributed by atoms with Crippen molar-refractivity contribution in [2.75, 3.05) is 20.2 Å². The molecule has 0 fully saturated rings. The molecule has 4 heteroatoms. The van der Waals surface area contributed by atoms with Crippen LogP contribution in [0.2, 0.25) is 0 Å². The van der Waals surface area contributed by atoms with Crippen molar-refractivity contribution in [2.45, 2.75) is 13.3 Å². The molecule has 0 bridgehead atoms. The molecule has 0 radical (unpaired) electrons. The summed E-state index contributed by atoms with van der Waals surface area (Å²) in [6.07, 6.45) is 2.71. The summed E-state index contributed by atoms with van der Waals surface area (Å²) in [4.78, 5) is 4.99. The van der Waals surface area contributed by atoms with Crippen LogP contribution in [-0.4, -0.2) is 37.1 Å². The standard InChI is InChI=1S/C7H13N3O/c1-3-4-11-9-7-5-8-10(2)6-7/h5H,3-4,6H2,1-2H3. The van der Waals surface area contributed by atoms with E-state index in [1.807, 2.05) is 12.1 Å². The third kappa shape index (κ3) is 2.57. The van der Waals surface area contributed by atoms with Gasteiger partial charge in [0.1, 0.15) is 12.3 Å². The summed E-state index contributed by atoms with van der Waals surface area (Å²) in [5.74, 6) is 0. The zero-order valence-electron chi connectivity index (χ0n) is 6.95. The predicted octanol–water partition coefficient (Wildman–Crippen LogP) is 0.700. The maximum absolute atomic E-state index is 4.99. The molecule has 0 aromatic rings. The van der Waals surface area contributed by atoms with Gasteiger partial charge >= 0.3 is 0 Å². The van der Waals surface area contributed by atoms with Gasteiger partial charge in [-0.25, -0.2) is 0 Å². The Morgan fingerprint density at radius 3 is 3.18 bits per heavy atom. The second-order valence-electron chi connectivity index (χ2n) is 2.48. The van der Waals surface area contributed by atoms with Gasteiger partial charge < -0.3 is 4.84 Å². The van der Waals surface area contributed by atoms with Gasteiger partial charge in [0.2, 0.25) is 0 Å². The molecule has 0 aromatic heterocycles. The molecule has 0 aromatic carbocycles. The normalized spacial score (nSPS) is 19.8. The van der Waals surface area contributed by atoms with Crippen LogP contribution in [0.25, 0.3) is 0 Å². The fourth-order valence-corrected chi connectivity index (χ4v) is 0.754. The van der Waals surface area contributed by atoms with Crippen LogP contribution in [0.15, 0.2) is 10.3 Å². The fourth-order valence-electron chi connectivity index (χ4n) is 0.754. The summed E-state index contributed by atoms with van der Waals surface area (Å²) in [5.41, 5.74) is 0.890. The first kappa shape index (κ1) is 8.04. The molecule has 0 saturated carbocycles. The average Bonchev–Trinajstić information content (AvgIpc) is 2.37. The van der Waals surface area contributed by atoms with Crippen LogP contribution >= 0.6 is 0 Å². The van der Waals surface area contributed by atoms with Crippen LogP contribution in [0.3, 0.4) is 0 Å². The Labute approximate surface area is 66.5 Å². The molecular formula is C7H13N3O. The monoisotopic (exact) mass is 155 g/mol. The molecule has 1 aliphatic heterocycles. The van der Waals surface area contributed by atoms with Gasteiger partial charge in [-0.1, -0.05) is 12.1 Å². The fraction of sp³-hybridized carbons (Fsp3) is 0.714. The van der Waals surface area contributed by atoms with Crippen molar-refractivity contribution < 1.29 is 4.84 Å². The average molecular weight is 155 g/mol. The summed E-state index contributed by atoms with van der Waals surface area (Å²) in [5, 5.41) is 9.70. The van der Waals surface area contributed by atoms with Gasteiger partial charge in [-0.05, 0) is 6.42 Å². The van der Waals surface area contributed by atoms with Crippen molar-refractivity contribution in [3.05, 3.63) is 0 Å². The maximum atomic E-state index is 4.99. The SMILES string of the molecule is CCCON=C1C=NN(C)C1. The largest absolute Gasteiger partial charge is 0.396 e. The number of oxime groups is 1. The lowest BCUT2D eigenvalue weighted by Crippen LogP contribution is -2.13. The van der Waals surface area contributed by atoms with Crippen molar-refractivity contribution in [1.29, 1.82) is 0 Å². The minimum Gasteiger partial charge on any atom is -0.396 e. The number of hydrogen-bond donors (Lipinski definition) is 0. The van der Waals surface area contributed by atoms with Crippen molar-refractivity contribution in [2.24, 2.45) is 10.3 Å². The summed E-state index contributed by atoms with van der Waals surface area (Å²) in [7, 11) is 1.90. The van der Waals surface area contributed by atoms with Crippen LogP contribution in [0, 0.1) is 0 Å². The van der Waals surface area contributed by atoms with Crippen LogP contribution in [0.1, 0.15) is 13.3 Å². The minimum atomic E-state index is 0.682. The summed E-state index contributed by atoms with van der Waals surface area (Å²) < 4.78 is 0. The number of rotatable bonds is 3. The predicted molar refractivity (Wildman–Crippen MR) is 44.8 cm³/mol. The molecule has 0 N–H and O–H groups in total. The molecule has 11 heavy (non-hydrogen) atoms. The number of hydrazone groups is 1. The van der Waals surface area contributed by atoms with E-state index < -0.39 is 0 Å². The Balaban J connectivity index is 2.26. The number of nitrogens with zero attached hydrogens (tertiary/aromatic N) is 3. The number of hydrogen-bond acceptors (Lipinski definition) is 4. The van der Waals surface area contributed by atoms with Crippen molar-refractivity contribution in [3.8, 4) is 0 Å². The zero-order chi connectivity index (χ0) is 8.10. The van der Waals surface area contributed by atoms with Gasteiger partial charge in [-0.3, -0.25) is 5.01 Å². The maximum Gasteiger partial charge on any atom is 0.121 e. The Morgan fingerprint density at radius 2 is 2.64 bits per heavy atom. The topological polar surface area (TPSA) is 37.2 Å². The molecule has 1 rings (SSSR count). The Hall–Kier alpha value is -1.06. The van der Waals surface area contributed by atoms with E-state index in [9.17, 15) is 0 Å². The quantitative estimate of drug-likeness (QED) is 0.444. The molecular weight excluding hydrogens is 142 g/mol. The first-order valence-electron chi connectivity index (χ1n) is 3.77.